The maximum atomic E-state index is 12.9. The maximum Gasteiger partial charge on any atom is 0.255 e. The number of benzene rings is 3. The van der Waals surface area contributed by atoms with Crippen molar-refractivity contribution >= 4 is 46.4 Å². The summed E-state index contributed by atoms with van der Waals surface area (Å²) in [5.41, 5.74) is 1.71. The lowest BCUT2D eigenvalue weighted by Crippen LogP contribution is -2.23. The van der Waals surface area contributed by atoms with Gasteiger partial charge in [0, 0.05) is 22.3 Å². The van der Waals surface area contributed by atoms with E-state index in [1.54, 1.807) is 42.5 Å². The van der Waals surface area contributed by atoms with Crippen LogP contribution in [0.25, 0.3) is 0 Å². The highest BCUT2D eigenvalue weighted by atomic mass is 35.5. The van der Waals surface area contributed by atoms with Crippen molar-refractivity contribution in [1.82, 2.24) is 0 Å². The Balaban J connectivity index is 1.76. The second-order valence-electron chi connectivity index (χ2n) is 6.01. The van der Waals surface area contributed by atoms with Crippen molar-refractivity contribution in [2.75, 3.05) is 5.32 Å². The molecule has 4 rings (SSSR count). The number of fused-ring (bicyclic) bond motifs is 2. The van der Waals surface area contributed by atoms with Gasteiger partial charge in [0.05, 0.1) is 21.3 Å². The van der Waals surface area contributed by atoms with E-state index in [-0.39, 0.29) is 39.0 Å². The van der Waals surface area contributed by atoms with Crippen LogP contribution in [0.15, 0.2) is 60.7 Å². The molecule has 1 aliphatic carbocycles. The van der Waals surface area contributed by atoms with Crippen LogP contribution in [-0.2, 0) is 0 Å². The minimum atomic E-state index is -0.457. The van der Waals surface area contributed by atoms with Crippen LogP contribution in [0.4, 0.5) is 5.69 Å². The van der Waals surface area contributed by atoms with Crippen LogP contribution in [-0.4, -0.2) is 17.5 Å². The van der Waals surface area contributed by atoms with E-state index in [9.17, 15) is 14.4 Å². The Morgan fingerprint density at radius 1 is 0.741 bits per heavy atom. The van der Waals surface area contributed by atoms with Gasteiger partial charge >= 0.3 is 0 Å². The molecule has 0 bridgehead atoms. The third-order valence-corrected chi connectivity index (χ3v) is 5.12. The fourth-order valence-corrected chi connectivity index (χ4v) is 3.38. The number of rotatable bonds is 2. The van der Waals surface area contributed by atoms with Crippen LogP contribution in [0, 0.1) is 0 Å². The van der Waals surface area contributed by atoms with Gasteiger partial charge in [-0.15, -0.1) is 0 Å². The molecule has 0 unspecified atom stereocenters. The zero-order valence-corrected chi connectivity index (χ0v) is 15.3. The second kappa shape index (κ2) is 6.65. The number of nitrogens with one attached hydrogen (secondary N) is 1. The number of amides is 1. The van der Waals surface area contributed by atoms with Gasteiger partial charge in [-0.25, -0.2) is 0 Å². The molecule has 1 N–H and O–H groups in total. The van der Waals surface area contributed by atoms with E-state index in [1.165, 1.54) is 18.2 Å². The normalized spacial score (nSPS) is 12.4. The summed E-state index contributed by atoms with van der Waals surface area (Å²) in [4.78, 5) is 38.3. The molecule has 132 valence electrons. The largest absolute Gasteiger partial charge is 0.321 e. The fraction of sp³-hybridized carbons (Fsp3) is 0. The van der Waals surface area contributed by atoms with Gasteiger partial charge in [-0.3, -0.25) is 14.4 Å². The first-order valence-electron chi connectivity index (χ1n) is 8.05. The quantitative estimate of drug-likeness (QED) is 0.518. The third kappa shape index (κ3) is 2.93. The summed E-state index contributed by atoms with van der Waals surface area (Å²) in [6, 6.07) is 15.9. The van der Waals surface area contributed by atoms with Crippen LogP contribution in [0.3, 0.4) is 0 Å². The molecular weight excluding hydrogens is 385 g/mol. The van der Waals surface area contributed by atoms with E-state index in [2.05, 4.69) is 5.32 Å². The zero-order chi connectivity index (χ0) is 19.1. The second-order valence-corrected chi connectivity index (χ2v) is 6.83. The number of halogens is 2. The SMILES string of the molecule is O=C(Nc1cccc2c1C(=O)c1ccccc1C2=O)c1ccc(Cl)c(Cl)c1. The number of anilines is 1. The van der Waals surface area contributed by atoms with Gasteiger partial charge in [-0.05, 0) is 24.3 Å². The van der Waals surface area contributed by atoms with E-state index in [0.29, 0.717) is 16.1 Å². The molecule has 4 nitrogen and oxygen atoms in total. The minimum absolute atomic E-state index is 0.189. The molecule has 0 radical (unpaired) electrons. The summed E-state index contributed by atoms with van der Waals surface area (Å²) in [6.07, 6.45) is 0. The Kier molecular flexibility index (Phi) is 4.30. The van der Waals surface area contributed by atoms with Gasteiger partial charge in [-0.1, -0.05) is 59.6 Å². The molecule has 0 atom stereocenters. The molecule has 1 amide bonds. The van der Waals surface area contributed by atoms with E-state index in [0.717, 1.165) is 0 Å². The molecule has 27 heavy (non-hydrogen) atoms. The first-order chi connectivity index (χ1) is 13.0. The molecule has 0 fully saturated rings. The fourth-order valence-electron chi connectivity index (χ4n) is 3.08. The monoisotopic (exact) mass is 395 g/mol. The van der Waals surface area contributed by atoms with Crippen LogP contribution in [0.5, 0.6) is 0 Å². The molecule has 3 aromatic rings. The predicted molar refractivity (Wildman–Crippen MR) is 104 cm³/mol. The number of ketones is 2. The number of carbonyl (C=O) groups is 3. The molecular formula is C21H11Cl2NO3. The Labute approximate surface area is 164 Å². The van der Waals surface area contributed by atoms with Gasteiger partial charge in [0.15, 0.2) is 11.6 Å². The van der Waals surface area contributed by atoms with Crippen molar-refractivity contribution in [1.29, 1.82) is 0 Å². The molecule has 1 aliphatic rings. The summed E-state index contributed by atoms with van der Waals surface area (Å²) < 4.78 is 0. The highest BCUT2D eigenvalue weighted by molar-refractivity contribution is 6.42. The smallest absolute Gasteiger partial charge is 0.255 e. The Morgan fingerprint density at radius 2 is 1.41 bits per heavy atom. The summed E-state index contributed by atoms with van der Waals surface area (Å²) in [5, 5.41) is 3.29. The molecule has 0 saturated carbocycles. The van der Waals surface area contributed by atoms with Crippen molar-refractivity contribution in [2.24, 2.45) is 0 Å². The molecule has 0 aromatic heterocycles. The molecule has 0 spiro atoms. The minimum Gasteiger partial charge on any atom is -0.321 e. The van der Waals surface area contributed by atoms with E-state index in [4.69, 9.17) is 23.2 Å². The molecule has 0 saturated heterocycles. The maximum absolute atomic E-state index is 12.9. The summed E-state index contributed by atoms with van der Waals surface area (Å²) in [7, 11) is 0. The molecule has 0 heterocycles. The van der Waals surface area contributed by atoms with Crippen LogP contribution in [0.2, 0.25) is 10.0 Å². The van der Waals surface area contributed by atoms with Gasteiger partial charge < -0.3 is 5.32 Å². The molecule has 0 aliphatic heterocycles. The van der Waals surface area contributed by atoms with Crippen molar-refractivity contribution in [3.8, 4) is 0 Å². The summed E-state index contributed by atoms with van der Waals surface area (Å²) in [6.45, 7) is 0. The highest BCUT2D eigenvalue weighted by Crippen LogP contribution is 2.32. The first kappa shape index (κ1) is 17.5. The molecule has 6 heteroatoms. The summed E-state index contributed by atoms with van der Waals surface area (Å²) >= 11 is 11.8. The van der Waals surface area contributed by atoms with Gasteiger partial charge in [0.2, 0.25) is 0 Å². The van der Waals surface area contributed by atoms with Crippen LogP contribution in [0.1, 0.15) is 42.2 Å². The number of carbonyl (C=O) groups excluding carboxylic acids is 3. The lowest BCUT2D eigenvalue weighted by molar-refractivity contribution is 0.0978. The topological polar surface area (TPSA) is 63.2 Å². The lowest BCUT2D eigenvalue weighted by Gasteiger charge is -2.20. The molecule has 3 aromatic carbocycles. The Hall–Kier alpha value is -2.95. The number of hydrogen-bond acceptors (Lipinski definition) is 3. The van der Waals surface area contributed by atoms with Crippen molar-refractivity contribution < 1.29 is 14.4 Å². The van der Waals surface area contributed by atoms with Gasteiger partial charge in [0.1, 0.15) is 0 Å². The number of hydrogen-bond donors (Lipinski definition) is 1. The standard InChI is InChI=1S/C21H11Cl2NO3/c22-15-9-8-11(10-16(15)23)21(27)24-17-7-3-6-14-18(17)20(26)13-5-2-1-4-12(13)19(14)25/h1-10H,(H,24,27). The van der Waals surface area contributed by atoms with E-state index < -0.39 is 5.91 Å². The Bertz CT molecular complexity index is 1140. The lowest BCUT2D eigenvalue weighted by atomic mass is 9.83. The van der Waals surface area contributed by atoms with Crippen molar-refractivity contribution in [3.05, 3.63) is 98.5 Å². The van der Waals surface area contributed by atoms with E-state index >= 15 is 0 Å². The average molecular weight is 396 g/mol. The Morgan fingerprint density at radius 3 is 2.11 bits per heavy atom. The highest BCUT2D eigenvalue weighted by Gasteiger charge is 2.31. The average Bonchev–Trinajstić information content (AvgIpc) is 2.68. The van der Waals surface area contributed by atoms with Crippen molar-refractivity contribution in [2.45, 2.75) is 0 Å². The zero-order valence-electron chi connectivity index (χ0n) is 13.8. The predicted octanol–water partition coefficient (Wildman–Crippen LogP) is 5.02. The van der Waals surface area contributed by atoms with Gasteiger partial charge in [0.25, 0.3) is 5.91 Å². The van der Waals surface area contributed by atoms with Crippen LogP contribution >= 0.6 is 23.2 Å². The summed E-state index contributed by atoms with van der Waals surface area (Å²) in [5.74, 6) is -1.00. The van der Waals surface area contributed by atoms with Crippen LogP contribution < -0.4 is 5.32 Å². The van der Waals surface area contributed by atoms with Crippen molar-refractivity contribution in [3.63, 3.8) is 0 Å². The van der Waals surface area contributed by atoms with Gasteiger partial charge in [-0.2, -0.15) is 0 Å². The third-order valence-electron chi connectivity index (χ3n) is 4.38. The van der Waals surface area contributed by atoms with E-state index in [1.807, 2.05) is 0 Å². The first-order valence-corrected chi connectivity index (χ1v) is 8.81.